The van der Waals surface area contributed by atoms with E-state index in [1.54, 1.807) is 33.0 Å². The number of carbonyl (C=O) groups is 2. The SMILES string of the molecule is CN=C(NCCc1cccc(C(=O)N(C)C)c1)NCCN1CCN(C(C)=O)CC1. The topological polar surface area (TPSA) is 80.3 Å². The quantitative estimate of drug-likeness (QED) is 0.505. The number of aliphatic imine (C=N–C) groups is 1. The molecule has 1 fully saturated rings. The molecule has 0 radical (unpaired) electrons. The van der Waals surface area contributed by atoms with Gasteiger partial charge in [0.25, 0.3) is 5.91 Å². The van der Waals surface area contributed by atoms with Crippen LogP contribution in [-0.2, 0) is 11.2 Å². The standard InChI is InChI=1S/C21H34N6O2/c1-17(28)27-14-12-26(13-15-27)11-10-24-21(22-2)23-9-8-18-6-5-7-19(16-18)20(29)25(3)4/h5-7,16H,8-15H2,1-4H3,(H2,22,23,24). The van der Waals surface area contributed by atoms with E-state index in [-0.39, 0.29) is 11.8 Å². The number of guanidine groups is 1. The lowest BCUT2D eigenvalue weighted by atomic mass is 10.1. The Balaban J connectivity index is 1.69. The lowest BCUT2D eigenvalue weighted by Crippen LogP contribution is -2.50. The zero-order valence-corrected chi connectivity index (χ0v) is 18.1. The van der Waals surface area contributed by atoms with Crippen LogP contribution in [0, 0.1) is 0 Å². The van der Waals surface area contributed by atoms with Crippen molar-refractivity contribution in [1.82, 2.24) is 25.3 Å². The van der Waals surface area contributed by atoms with Crippen LogP contribution in [0.15, 0.2) is 29.3 Å². The van der Waals surface area contributed by atoms with E-state index in [1.165, 1.54) is 0 Å². The summed E-state index contributed by atoms with van der Waals surface area (Å²) in [6, 6.07) is 7.74. The highest BCUT2D eigenvalue weighted by Gasteiger charge is 2.17. The van der Waals surface area contributed by atoms with E-state index in [1.807, 2.05) is 29.2 Å². The summed E-state index contributed by atoms with van der Waals surface area (Å²) in [4.78, 5) is 33.6. The average Bonchev–Trinajstić information content (AvgIpc) is 2.72. The summed E-state index contributed by atoms with van der Waals surface area (Å²) in [7, 11) is 5.28. The third kappa shape index (κ3) is 7.38. The van der Waals surface area contributed by atoms with Gasteiger partial charge >= 0.3 is 0 Å². The Morgan fingerprint density at radius 2 is 1.79 bits per heavy atom. The molecule has 8 heteroatoms. The minimum atomic E-state index is 0.0152. The van der Waals surface area contributed by atoms with Gasteiger partial charge in [0.1, 0.15) is 0 Å². The first-order valence-corrected chi connectivity index (χ1v) is 10.1. The second-order valence-electron chi connectivity index (χ2n) is 7.42. The molecule has 1 heterocycles. The highest BCUT2D eigenvalue weighted by Crippen LogP contribution is 2.07. The highest BCUT2D eigenvalue weighted by atomic mass is 16.2. The molecule has 0 atom stereocenters. The van der Waals surface area contributed by atoms with Crippen LogP contribution in [0.2, 0.25) is 0 Å². The molecule has 1 aromatic carbocycles. The number of benzene rings is 1. The molecule has 2 rings (SSSR count). The Labute approximate surface area is 173 Å². The Morgan fingerprint density at radius 3 is 2.41 bits per heavy atom. The van der Waals surface area contributed by atoms with Gasteiger partial charge in [0.2, 0.25) is 5.91 Å². The molecule has 1 saturated heterocycles. The Bertz CT molecular complexity index is 711. The molecule has 1 aliphatic rings. The van der Waals surface area contributed by atoms with Crippen molar-refractivity contribution in [3.63, 3.8) is 0 Å². The van der Waals surface area contributed by atoms with E-state index in [4.69, 9.17) is 0 Å². The lowest BCUT2D eigenvalue weighted by molar-refractivity contribution is -0.130. The number of rotatable bonds is 7. The van der Waals surface area contributed by atoms with Gasteiger partial charge < -0.3 is 20.4 Å². The number of nitrogens with one attached hydrogen (secondary N) is 2. The summed E-state index contributed by atoms with van der Waals surface area (Å²) in [5.74, 6) is 0.943. The van der Waals surface area contributed by atoms with Crippen LogP contribution in [0.5, 0.6) is 0 Å². The molecule has 29 heavy (non-hydrogen) atoms. The fraction of sp³-hybridized carbons (Fsp3) is 0.571. The predicted molar refractivity (Wildman–Crippen MR) is 116 cm³/mol. The number of nitrogens with zero attached hydrogens (tertiary/aromatic N) is 4. The van der Waals surface area contributed by atoms with Crippen LogP contribution >= 0.6 is 0 Å². The molecule has 1 aromatic rings. The van der Waals surface area contributed by atoms with Gasteiger partial charge in [-0.05, 0) is 24.1 Å². The monoisotopic (exact) mass is 402 g/mol. The van der Waals surface area contributed by atoms with Crippen molar-refractivity contribution in [2.24, 2.45) is 4.99 Å². The van der Waals surface area contributed by atoms with Crippen molar-refractivity contribution in [2.45, 2.75) is 13.3 Å². The van der Waals surface area contributed by atoms with Crippen molar-refractivity contribution in [1.29, 1.82) is 0 Å². The molecule has 0 aliphatic carbocycles. The van der Waals surface area contributed by atoms with E-state index < -0.39 is 0 Å². The molecule has 0 bridgehead atoms. The summed E-state index contributed by atoms with van der Waals surface area (Å²) in [5, 5.41) is 6.66. The van der Waals surface area contributed by atoms with Crippen LogP contribution < -0.4 is 10.6 Å². The maximum absolute atomic E-state index is 12.1. The largest absolute Gasteiger partial charge is 0.356 e. The molecule has 2 amide bonds. The Hall–Kier alpha value is -2.61. The van der Waals surface area contributed by atoms with Crippen LogP contribution in [-0.4, -0.2) is 99.4 Å². The van der Waals surface area contributed by atoms with Crippen molar-refractivity contribution in [2.75, 3.05) is 67.0 Å². The molecule has 1 aliphatic heterocycles. The van der Waals surface area contributed by atoms with Crippen LogP contribution in [0.4, 0.5) is 0 Å². The zero-order valence-electron chi connectivity index (χ0n) is 18.1. The van der Waals surface area contributed by atoms with Crippen molar-refractivity contribution < 1.29 is 9.59 Å². The second kappa shape index (κ2) is 11.4. The van der Waals surface area contributed by atoms with E-state index >= 15 is 0 Å². The van der Waals surface area contributed by atoms with Gasteiger partial charge in [-0.3, -0.25) is 19.5 Å². The van der Waals surface area contributed by atoms with Crippen LogP contribution in [0.3, 0.4) is 0 Å². The first-order valence-electron chi connectivity index (χ1n) is 10.1. The van der Waals surface area contributed by atoms with E-state index in [2.05, 4.69) is 20.5 Å². The zero-order chi connectivity index (χ0) is 21.2. The molecule has 0 spiro atoms. The maximum atomic E-state index is 12.1. The van der Waals surface area contributed by atoms with Gasteiger partial charge in [0.15, 0.2) is 5.96 Å². The first kappa shape index (κ1) is 22.7. The fourth-order valence-corrected chi connectivity index (χ4v) is 3.28. The molecule has 2 N–H and O–H groups in total. The number of piperazine rings is 1. The van der Waals surface area contributed by atoms with E-state index in [0.717, 1.165) is 63.8 Å². The molecular weight excluding hydrogens is 368 g/mol. The molecule has 160 valence electrons. The first-order chi connectivity index (χ1) is 13.9. The minimum Gasteiger partial charge on any atom is -0.356 e. The highest BCUT2D eigenvalue weighted by molar-refractivity contribution is 5.94. The smallest absolute Gasteiger partial charge is 0.253 e. The van der Waals surface area contributed by atoms with Gasteiger partial charge in [-0.1, -0.05) is 12.1 Å². The van der Waals surface area contributed by atoms with Gasteiger partial charge in [-0.15, -0.1) is 0 Å². The van der Waals surface area contributed by atoms with Crippen molar-refractivity contribution in [3.8, 4) is 0 Å². The van der Waals surface area contributed by atoms with Gasteiger partial charge in [0.05, 0.1) is 0 Å². The summed E-state index contributed by atoms with van der Waals surface area (Å²) in [6.45, 7) is 7.51. The second-order valence-corrected chi connectivity index (χ2v) is 7.42. The Morgan fingerprint density at radius 1 is 1.10 bits per heavy atom. The number of carbonyl (C=O) groups excluding carboxylic acids is 2. The van der Waals surface area contributed by atoms with Crippen LogP contribution in [0.1, 0.15) is 22.8 Å². The molecule has 0 unspecified atom stereocenters. The third-order valence-corrected chi connectivity index (χ3v) is 5.05. The van der Waals surface area contributed by atoms with Crippen molar-refractivity contribution in [3.05, 3.63) is 35.4 Å². The summed E-state index contributed by atoms with van der Waals surface area (Å²) < 4.78 is 0. The number of hydrogen-bond acceptors (Lipinski definition) is 4. The van der Waals surface area contributed by atoms with Gasteiger partial charge in [-0.25, -0.2) is 0 Å². The maximum Gasteiger partial charge on any atom is 0.253 e. The minimum absolute atomic E-state index is 0.0152. The summed E-state index contributed by atoms with van der Waals surface area (Å²) in [5.41, 5.74) is 1.82. The average molecular weight is 403 g/mol. The van der Waals surface area contributed by atoms with E-state index in [0.29, 0.717) is 5.56 Å². The summed E-state index contributed by atoms with van der Waals surface area (Å²) in [6.07, 6.45) is 0.808. The molecule has 0 aromatic heterocycles. The Kier molecular flexibility index (Phi) is 8.92. The molecular formula is C21H34N6O2. The van der Waals surface area contributed by atoms with Gasteiger partial charge in [-0.2, -0.15) is 0 Å². The number of hydrogen-bond donors (Lipinski definition) is 2. The lowest BCUT2D eigenvalue weighted by Gasteiger charge is -2.34. The fourth-order valence-electron chi connectivity index (χ4n) is 3.28. The molecule has 8 nitrogen and oxygen atoms in total. The normalized spacial score (nSPS) is 15.2. The summed E-state index contributed by atoms with van der Waals surface area (Å²) >= 11 is 0. The number of amides is 2. The van der Waals surface area contributed by atoms with Gasteiger partial charge in [0, 0.05) is 79.4 Å². The van der Waals surface area contributed by atoms with Crippen molar-refractivity contribution >= 4 is 17.8 Å². The van der Waals surface area contributed by atoms with E-state index in [9.17, 15) is 9.59 Å². The van der Waals surface area contributed by atoms with Crippen LogP contribution in [0.25, 0.3) is 0 Å². The third-order valence-electron chi connectivity index (χ3n) is 5.05. The predicted octanol–water partition coefficient (Wildman–Crippen LogP) is 0.260. The molecule has 0 saturated carbocycles.